The molecule has 1 heterocycles. The second-order valence-corrected chi connectivity index (χ2v) is 3.49. The van der Waals surface area contributed by atoms with E-state index in [1.165, 1.54) is 4.68 Å². The molecule has 0 fully saturated rings. The van der Waals surface area contributed by atoms with E-state index in [0.717, 1.165) is 11.1 Å². The third-order valence-corrected chi connectivity index (χ3v) is 2.50. The number of hydrogen-bond acceptors (Lipinski definition) is 3. The summed E-state index contributed by atoms with van der Waals surface area (Å²) in [5, 5.41) is 13.9. The lowest BCUT2D eigenvalue weighted by atomic mass is 10.2. The Kier molecular flexibility index (Phi) is 2.52. The van der Waals surface area contributed by atoms with Crippen molar-refractivity contribution in [3.63, 3.8) is 0 Å². The minimum Gasteiger partial charge on any atom is -0.494 e. The highest BCUT2D eigenvalue weighted by Gasteiger charge is 2.12. The third-order valence-electron chi connectivity index (χ3n) is 2.50. The molecule has 0 radical (unpaired) electrons. The van der Waals surface area contributed by atoms with Crippen LogP contribution in [0, 0.1) is 6.92 Å². The fourth-order valence-corrected chi connectivity index (χ4v) is 1.70. The number of carboxylic acid groups (broad SMARTS) is 1. The van der Waals surface area contributed by atoms with E-state index in [1.54, 1.807) is 13.2 Å². The van der Waals surface area contributed by atoms with Crippen LogP contribution in [0.25, 0.3) is 10.9 Å². The van der Waals surface area contributed by atoms with Gasteiger partial charge in [0.2, 0.25) is 0 Å². The molecule has 2 rings (SSSR count). The minimum atomic E-state index is -0.908. The number of methoxy groups -OCH3 is 1. The fraction of sp³-hybridized carbons (Fsp3) is 0.273. The van der Waals surface area contributed by atoms with Crippen molar-refractivity contribution in [2.24, 2.45) is 0 Å². The van der Waals surface area contributed by atoms with Crippen molar-refractivity contribution < 1.29 is 14.6 Å². The summed E-state index contributed by atoms with van der Waals surface area (Å²) >= 11 is 0. The van der Waals surface area contributed by atoms with Crippen molar-refractivity contribution >= 4 is 16.9 Å². The van der Waals surface area contributed by atoms with Crippen molar-refractivity contribution in [1.82, 2.24) is 9.78 Å². The summed E-state index contributed by atoms with van der Waals surface area (Å²) in [4.78, 5) is 10.7. The topological polar surface area (TPSA) is 64.3 Å². The second kappa shape index (κ2) is 3.84. The van der Waals surface area contributed by atoms with Crippen LogP contribution in [0.2, 0.25) is 0 Å². The highest BCUT2D eigenvalue weighted by molar-refractivity contribution is 5.87. The average Bonchev–Trinajstić information content (AvgIpc) is 2.55. The minimum absolute atomic E-state index is 0.135. The lowest BCUT2D eigenvalue weighted by Gasteiger charge is -1.98. The van der Waals surface area contributed by atoms with Gasteiger partial charge in [-0.3, -0.25) is 9.48 Å². The van der Waals surface area contributed by atoms with Gasteiger partial charge in [-0.25, -0.2) is 0 Å². The summed E-state index contributed by atoms with van der Waals surface area (Å²) in [5.74, 6) is -0.250. The molecule has 0 unspecified atom stereocenters. The summed E-state index contributed by atoms with van der Waals surface area (Å²) in [7, 11) is 1.57. The Morgan fingerprint density at radius 2 is 2.31 bits per heavy atom. The standard InChI is InChI=1S/C11H12N2O3/c1-7-8-4-3-5-9(16-2)11(8)12-13(7)6-10(14)15/h3-5H,6H2,1-2H3,(H,14,15). The number of ether oxygens (including phenoxy) is 1. The summed E-state index contributed by atoms with van der Waals surface area (Å²) in [6.07, 6.45) is 0. The SMILES string of the molecule is COc1cccc2c(C)n(CC(=O)O)nc12. The number of benzene rings is 1. The Labute approximate surface area is 92.2 Å². The number of hydrogen-bond donors (Lipinski definition) is 1. The van der Waals surface area contributed by atoms with Crippen LogP contribution in [0.1, 0.15) is 5.69 Å². The van der Waals surface area contributed by atoms with E-state index in [1.807, 2.05) is 19.1 Å². The Morgan fingerprint density at radius 1 is 1.56 bits per heavy atom. The van der Waals surface area contributed by atoms with Crippen molar-refractivity contribution in [2.75, 3.05) is 7.11 Å². The molecule has 1 aromatic heterocycles. The smallest absolute Gasteiger partial charge is 0.325 e. The lowest BCUT2D eigenvalue weighted by molar-refractivity contribution is -0.137. The predicted molar refractivity (Wildman–Crippen MR) is 58.7 cm³/mol. The van der Waals surface area contributed by atoms with Gasteiger partial charge in [0.15, 0.2) is 0 Å². The molecule has 0 aliphatic rings. The quantitative estimate of drug-likeness (QED) is 0.850. The molecule has 0 bridgehead atoms. The molecule has 16 heavy (non-hydrogen) atoms. The summed E-state index contributed by atoms with van der Waals surface area (Å²) in [6, 6.07) is 5.57. The Hall–Kier alpha value is -2.04. The largest absolute Gasteiger partial charge is 0.494 e. The molecule has 0 saturated heterocycles. The number of rotatable bonds is 3. The first-order valence-electron chi connectivity index (χ1n) is 4.85. The highest BCUT2D eigenvalue weighted by Crippen LogP contribution is 2.26. The summed E-state index contributed by atoms with van der Waals surface area (Å²) in [5.41, 5.74) is 1.53. The number of aromatic nitrogens is 2. The van der Waals surface area contributed by atoms with Gasteiger partial charge < -0.3 is 9.84 Å². The van der Waals surface area contributed by atoms with Gasteiger partial charge in [-0.1, -0.05) is 12.1 Å². The van der Waals surface area contributed by atoms with E-state index in [4.69, 9.17) is 9.84 Å². The van der Waals surface area contributed by atoms with Gasteiger partial charge in [-0.15, -0.1) is 0 Å². The maximum absolute atomic E-state index is 10.7. The number of fused-ring (bicyclic) bond motifs is 1. The number of aliphatic carboxylic acids is 1. The molecule has 2 aromatic rings. The summed E-state index contributed by atoms with van der Waals surface area (Å²) in [6.45, 7) is 1.71. The fourth-order valence-electron chi connectivity index (χ4n) is 1.70. The molecule has 0 saturated carbocycles. The molecular formula is C11H12N2O3. The molecule has 0 spiro atoms. The normalized spacial score (nSPS) is 10.6. The summed E-state index contributed by atoms with van der Waals surface area (Å²) < 4.78 is 6.65. The molecule has 5 heteroatoms. The number of carbonyl (C=O) groups is 1. The predicted octanol–water partition coefficient (Wildman–Crippen LogP) is 1.44. The maximum Gasteiger partial charge on any atom is 0.325 e. The van der Waals surface area contributed by atoms with Gasteiger partial charge in [-0.2, -0.15) is 5.10 Å². The Balaban J connectivity index is 2.62. The van der Waals surface area contributed by atoms with Crippen molar-refractivity contribution in [1.29, 1.82) is 0 Å². The number of aryl methyl sites for hydroxylation is 1. The molecule has 5 nitrogen and oxygen atoms in total. The van der Waals surface area contributed by atoms with Gasteiger partial charge >= 0.3 is 5.97 Å². The Bertz CT molecular complexity index is 545. The van der Waals surface area contributed by atoms with Crippen LogP contribution in [-0.2, 0) is 11.3 Å². The first-order valence-corrected chi connectivity index (χ1v) is 4.85. The number of nitrogens with zero attached hydrogens (tertiary/aromatic N) is 2. The van der Waals surface area contributed by atoms with E-state index in [-0.39, 0.29) is 6.54 Å². The van der Waals surface area contributed by atoms with Gasteiger partial charge in [0.05, 0.1) is 7.11 Å². The molecule has 0 aliphatic heterocycles. The van der Waals surface area contributed by atoms with Gasteiger partial charge in [0.1, 0.15) is 17.8 Å². The van der Waals surface area contributed by atoms with Crippen molar-refractivity contribution in [3.8, 4) is 5.75 Å². The van der Waals surface area contributed by atoms with E-state index in [2.05, 4.69) is 5.10 Å². The van der Waals surface area contributed by atoms with Crippen molar-refractivity contribution in [3.05, 3.63) is 23.9 Å². The van der Waals surface area contributed by atoms with Crippen LogP contribution in [-0.4, -0.2) is 28.0 Å². The molecule has 0 atom stereocenters. The molecule has 0 amide bonds. The second-order valence-electron chi connectivity index (χ2n) is 3.49. The van der Waals surface area contributed by atoms with Crippen LogP contribution >= 0.6 is 0 Å². The monoisotopic (exact) mass is 220 g/mol. The highest BCUT2D eigenvalue weighted by atomic mass is 16.5. The van der Waals surface area contributed by atoms with E-state index in [0.29, 0.717) is 11.3 Å². The molecule has 1 N–H and O–H groups in total. The van der Waals surface area contributed by atoms with Gasteiger partial charge in [-0.05, 0) is 13.0 Å². The van der Waals surface area contributed by atoms with E-state index >= 15 is 0 Å². The van der Waals surface area contributed by atoms with E-state index in [9.17, 15) is 4.79 Å². The van der Waals surface area contributed by atoms with Crippen LogP contribution in [0.4, 0.5) is 0 Å². The zero-order chi connectivity index (χ0) is 11.7. The molecular weight excluding hydrogens is 208 g/mol. The van der Waals surface area contributed by atoms with Crippen LogP contribution in [0.15, 0.2) is 18.2 Å². The van der Waals surface area contributed by atoms with E-state index < -0.39 is 5.97 Å². The molecule has 1 aromatic carbocycles. The third kappa shape index (κ3) is 1.60. The van der Waals surface area contributed by atoms with Gasteiger partial charge in [0.25, 0.3) is 0 Å². The molecule has 0 aliphatic carbocycles. The van der Waals surface area contributed by atoms with Crippen LogP contribution in [0.5, 0.6) is 5.75 Å². The van der Waals surface area contributed by atoms with Gasteiger partial charge in [0, 0.05) is 11.1 Å². The molecule has 84 valence electrons. The first kappa shape index (κ1) is 10.5. The number of carboxylic acids is 1. The first-order chi connectivity index (χ1) is 7.63. The Morgan fingerprint density at radius 3 is 2.94 bits per heavy atom. The lowest BCUT2D eigenvalue weighted by Crippen LogP contribution is -2.11. The van der Waals surface area contributed by atoms with Crippen LogP contribution in [0.3, 0.4) is 0 Å². The van der Waals surface area contributed by atoms with Crippen LogP contribution < -0.4 is 4.74 Å². The zero-order valence-electron chi connectivity index (χ0n) is 9.10. The average molecular weight is 220 g/mol. The zero-order valence-corrected chi connectivity index (χ0v) is 9.10. The van der Waals surface area contributed by atoms with Crippen molar-refractivity contribution in [2.45, 2.75) is 13.5 Å². The maximum atomic E-state index is 10.7.